The summed E-state index contributed by atoms with van der Waals surface area (Å²) in [5, 5.41) is 20.7. The zero-order chi connectivity index (χ0) is 13.0. The second-order valence-electron chi connectivity index (χ2n) is 3.72. The van der Waals surface area contributed by atoms with E-state index in [0.29, 0.717) is 23.1 Å². The Hall–Kier alpha value is -1.73. The molecule has 94 valence electrons. The van der Waals surface area contributed by atoms with Crippen molar-refractivity contribution in [2.75, 3.05) is 0 Å². The predicted octanol–water partition coefficient (Wildman–Crippen LogP) is 2.37. The molecule has 0 aliphatic carbocycles. The van der Waals surface area contributed by atoms with Gasteiger partial charge in [0.1, 0.15) is 0 Å². The second kappa shape index (κ2) is 5.74. The fourth-order valence-electron chi connectivity index (χ4n) is 1.57. The Balaban J connectivity index is 2.02. The minimum absolute atomic E-state index is 0.112. The van der Waals surface area contributed by atoms with Crippen molar-refractivity contribution >= 4 is 21.6 Å². The Kier molecular flexibility index (Phi) is 4.06. The van der Waals surface area contributed by atoms with Crippen molar-refractivity contribution in [3.8, 4) is 0 Å². The molecule has 1 aromatic carbocycles. The van der Waals surface area contributed by atoms with E-state index in [1.807, 2.05) is 6.07 Å². The van der Waals surface area contributed by atoms with Crippen LogP contribution in [0, 0.1) is 10.1 Å². The van der Waals surface area contributed by atoms with Crippen LogP contribution in [0.15, 0.2) is 34.9 Å². The first-order valence-electron chi connectivity index (χ1n) is 5.28. The first-order chi connectivity index (χ1) is 8.66. The average Bonchev–Trinajstić information content (AvgIpc) is 2.84. The number of benzene rings is 1. The third-order valence-corrected chi connectivity index (χ3v) is 2.93. The van der Waals surface area contributed by atoms with E-state index >= 15 is 0 Å². The largest absolute Gasteiger partial charge is 0.307 e. The lowest BCUT2D eigenvalue weighted by molar-refractivity contribution is -0.385. The number of nitrogens with one attached hydrogen (secondary N) is 2. The highest BCUT2D eigenvalue weighted by Gasteiger charge is 2.13. The van der Waals surface area contributed by atoms with Gasteiger partial charge in [0.05, 0.1) is 4.92 Å². The Morgan fingerprint density at radius 1 is 1.39 bits per heavy atom. The SMILES string of the molecule is O=[N+]([O-])c1cc(Br)ccc1CNCc1ccn[nH]1. The Labute approximate surface area is 112 Å². The average molecular weight is 311 g/mol. The fourth-order valence-corrected chi connectivity index (χ4v) is 1.92. The highest BCUT2D eigenvalue weighted by molar-refractivity contribution is 9.10. The van der Waals surface area contributed by atoms with Crippen LogP contribution in [-0.2, 0) is 13.1 Å². The molecule has 0 aliphatic heterocycles. The van der Waals surface area contributed by atoms with Gasteiger partial charge >= 0.3 is 0 Å². The van der Waals surface area contributed by atoms with Crippen LogP contribution in [0.3, 0.4) is 0 Å². The van der Waals surface area contributed by atoms with Gasteiger partial charge in [-0.05, 0) is 18.2 Å². The first kappa shape index (κ1) is 12.7. The molecule has 0 atom stereocenters. The van der Waals surface area contributed by atoms with Crippen LogP contribution in [0.2, 0.25) is 0 Å². The molecule has 0 radical (unpaired) electrons. The molecule has 1 heterocycles. The van der Waals surface area contributed by atoms with Gasteiger partial charge in [-0.15, -0.1) is 0 Å². The van der Waals surface area contributed by atoms with Crippen LogP contribution < -0.4 is 5.32 Å². The molecule has 0 unspecified atom stereocenters. The molecule has 2 N–H and O–H groups in total. The maximum Gasteiger partial charge on any atom is 0.275 e. The Morgan fingerprint density at radius 2 is 2.22 bits per heavy atom. The van der Waals surface area contributed by atoms with Crippen molar-refractivity contribution in [3.63, 3.8) is 0 Å². The summed E-state index contributed by atoms with van der Waals surface area (Å²) in [6, 6.07) is 6.89. The molecule has 0 amide bonds. The first-order valence-corrected chi connectivity index (χ1v) is 6.08. The molecule has 18 heavy (non-hydrogen) atoms. The summed E-state index contributed by atoms with van der Waals surface area (Å²) < 4.78 is 0.700. The summed E-state index contributed by atoms with van der Waals surface area (Å²) in [5.41, 5.74) is 1.71. The van der Waals surface area contributed by atoms with Gasteiger partial charge in [0.2, 0.25) is 0 Å². The van der Waals surface area contributed by atoms with Gasteiger partial charge in [-0.25, -0.2) is 0 Å². The minimum atomic E-state index is -0.377. The van der Waals surface area contributed by atoms with Crippen molar-refractivity contribution < 1.29 is 4.92 Å². The van der Waals surface area contributed by atoms with Gasteiger partial charge in [-0.2, -0.15) is 5.10 Å². The van der Waals surface area contributed by atoms with E-state index in [9.17, 15) is 10.1 Å². The van der Waals surface area contributed by atoms with Crippen LogP contribution in [0.1, 0.15) is 11.3 Å². The third-order valence-electron chi connectivity index (χ3n) is 2.43. The second-order valence-corrected chi connectivity index (χ2v) is 4.63. The highest BCUT2D eigenvalue weighted by atomic mass is 79.9. The summed E-state index contributed by atoms with van der Waals surface area (Å²) >= 11 is 3.23. The molecule has 6 nitrogen and oxygen atoms in total. The van der Waals surface area contributed by atoms with E-state index in [2.05, 4.69) is 31.4 Å². The third kappa shape index (κ3) is 3.14. The van der Waals surface area contributed by atoms with Gasteiger partial charge in [0.15, 0.2) is 0 Å². The molecule has 7 heteroatoms. The number of hydrogen-bond acceptors (Lipinski definition) is 4. The molecule has 1 aromatic heterocycles. The minimum Gasteiger partial charge on any atom is -0.307 e. The standard InChI is InChI=1S/C11H11BrN4O2/c12-9-2-1-8(11(5-9)16(17)18)6-13-7-10-3-4-14-15-10/h1-5,13H,6-7H2,(H,14,15). The van der Waals surface area contributed by atoms with Crippen LogP contribution in [-0.4, -0.2) is 15.1 Å². The number of H-pyrrole nitrogens is 1. The van der Waals surface area contributed by atoms with Gasteiger partial charge in [-0.3, -0.25) is 15.2 Å². The van der Waals surface area contributed by atoms with E-state index < -0.39 is 0 Å². The number of aromatic amines is 1. The molecule has 2 aromatic rings. The smallest absolute Gasteiger partial charge is 0.275 e. The summed E-state index contributed by atoms with van der Waals surface area (Å²) in [6.07, 6.45) is 1.67. The molecular formula is C11H11BrN4O2. The summed E-state index contributed by atoms with van der Waals surface area (Å²) in [7, 11) is 0. The van der Waals surface area contributed by atoms with E-state index in [1.165, 1.54) is 6.07 Å². The topological polar surface area (TPSA) is 83.8 Å². The van der Waals surface area contributed by atoms with Gasteiger partial charge in [-0.1, -0.05) is 15.9 Å². The summed E-state index contributed by atoms with van der Waals surface area (Å²) in [6.45, 7) is 1.02. The van der Waals surface area contributed by atoms with E-state index in [-0.39, 0.29) is 10.6 Å². The van der Waals surface area contributed by atoms with Crippen LogP contribution in [0.25, 0.3) is 0 Å². The zero-order valence-corrected chi connectivity index (χ0v) is 11.0. The predicted molar refractivity (Wildman–Crippen MR) is 69.9 cm³/mol. The molecule has 0 saturated heterocycles. The molecule has 0 spiro atoms. The van der Waals surface area contributed by atoms with Crippen molar-refractivity contribution in [1.29, 1.82) is 0 Å². The van der Waals surface area contributed by atoms with E-state index in [0.717, 1.165) is 5.69 Å². The fraction of sp³-hybridized carbons (Fsp3) is 0.182. The molecular weight excluding hydrogens is 300 g/mol. The van der Waals surface area contributed by atoms with Crippen LogP contribution in [0.5, 0.6) is 0 Å². The summed E-state index contributed by atoms with van der Waals surface area (Å²) in [5.74, 6) is 0. The van der Waals surface area contributed by atoms with E-state index in [4.69, 9.17) is 0 Å². The lowest BCUT2D eigenvalue weighted by Crippen LogP contribution is -2.14. The number of halogens is 1. The van der Waals surface area contributed by atoms with Crippen molar-refractivity contribution in [2.24, 2.45) is 0 Å². The Morgan fingerprint density at radius 3 is 2.89 bits per heavy atom. The van der Waals surface area contributed by atoms with Gasteiger partial charge in [0.25, 0.3) is 5.69 Å². The van der Waals surface area contributed by atoms with Crippen LogP contribution >= 0.6 is 15.9 Å². The Bertz CT molecular complexity index is 542. The highest BCUT2D eigenvalue weighted by Crippen LogP contribution is 2.23. The van der Waals surface area contributed by atoms with Crippen LogP contribution in [0.4, 0.5) is 5.69 Å². The van der Waals surface area contributed by atoms with Gasteiger partial charge in [0, 0.05) is 41.1 Å². The number of aromatic nitrogens is 2. The lowest BCUT2D eigenvalue weighted by Gasteiger charge is -2.05. The van der Waals surface area contributed by atoms with Crippen molar-refractivity contribution in [1.82, 2.24) is 15.5 Å². The molecule has 0 bridgehead atoms. The molecule has 2 rings (SSSR count). The molecule has 0 fully saturated rings. The number of nitrogens with zero attached hydrogens (tertiary/aromatic N) is 2. The number of nitro groups is 1. The number of nitro benzene ring substituents is 1. The monoisotopic (exact) mass is 310 g/mol. The summed E-state index contributed by atoms with van der Waals surface area (Å²) in [4.78, 5) is 10.5. The quantitative estimate of drug-likeness (QED) is 0.656. The van der Waals surface area contributed by atoms with Gasteiger partial charge < -0.3 is 5.32 Å². The van der Waals surface area contributed by atoms with Crippen molar-refractivity contribution in [3.05, 3.63) is 56.3 Å². The molecule has 0 saturated carbocycles. The number of rotatable bonds is 5. The van der Waals surface area contributed by atoms with E-state index in [1.54, 1.807) is 18.3 Å². The number of hydrogen-bond donors (Lipinski definition) is 2. The normalized spacial score (nSPS) is 10.5. The molecule has 0 aliphatic rings. The maximum absolute atomic E-state index is 10.9. The lowest BCUT2D eigenvalue weighted by atomic mass is 10.2. The van der Waals surface area contributed by atoms with Crippen molar-refractivity contribution in [2.45, 2.75) is 13.1 Å². The maximum atomic E-state index is 10.9. The zero-order valence-electron chi connectivity index (χ0n) is 9.39.